The molecular weight excluding hydrogens is 338 g/mol. The lowest BCUT2D eigenvalue weighted by Gasteiger charge is -2.13. The molecule has 2 aromatic heterocycles. The standard InChI is InChI=1S/C8H12N4O5.C4H5N3O/c9-6(16)7-10-2-12(11-7)8-5(15)4(14)3(1-13)17-8;5-3-1-2-6-4(8)7-3/h2-5,8,13-15H,1H2,(H2,9,16);1-2H,(H3,5,6,7,8)/t3-,4-,5-,8-;/m1./s1. The van der Waals surface area contributed by atoms with E-state index in [9.17, 15) is 19.8 Å². The molecule has 13 nitrogen and oxygen atoms in total. The van der Waals surface area contributed by atoms with Gasteiger partial charge in [0, 0.05) is 6.20 Å². The molecule has 0 radical (unpaired) electrons. The monoisotopic (exact) mass is 355 g/mol. The topological polar surface area (TPSA) is 215 Å². The van der Waals surface area contributed by atoms with Crippen LogP contribution in [0, 0.1) is 0 Å². The number of aromatic nitrogens is 5. The molecule has 1 aliphatic heterocycles. The average molecular weight is 355 g/mol. The number of anilines is 1. The summed E-state index contributed by atoms with van der Waals surface area (Å²) in [7, 11) is 0. The third-order valence-corrected chi connectivity index (χ3v) is 3.20. The Morgan fingerprint density at radius 1 is 1.36 bits per heavy atom. The molecule has 8 N–H and O–H groups in total. The van der Waals surface area contributed by atoms with E-state index in [0.717, 1.165) is 11.0 Å². The van der Waals surface area contributed by atoms with E-state index >= 15 is 0 Å². The molecule has 0 spiro atoms. The lowest BCUT2D eigenvalue weighted by Crippen LogP contribution is -2.33. The fraction of sp³-hybridized carbons (Fsp3) is 0.417. The van der Waals surface area contributed by atoms with Gasteiger partial charge in [0.15, 0.2) is 6.23 Å². The molecule has 1 amide bonds. The van der Waals surface area contributed by atoms with Crippen LogP contribution < -0.4 is 17.2 Å². The van der Waals surface area contributed by atoms with Gasteiger partial charge in [0.25, 0.3) is 5.91 Å². The van der Waals surface area contributed by atoms with Gasteiger partial charge in [0.05, 0.1) is 6.61 Å². The van der Waals surface area contributed by atoms with Gasteiger partial charge in [-0.05, 0) is 6.07 Å². The Bertz CT molecular complexity index is 777. The number of nitrogens with zero attached hydrogens (tertiary/aromatic N) is 4. The van der Waals surface area contributed by atoms with Crippen molar-refractivity contribution in [3.8, 4) is 0 Å². The molecule has 1 saturated heterocycles. The van der Waals surface area contributed by atoms with Crippen LogP contribution in [0.5, 0.6) is 0 Å². The average Bonchev–Trinajstić information content (AvgIpc) is 3.14. The summed E-state index contributed by atoms with van der Waals surface area (Å²) in [5, 5.41) is 31.8. The Morgan fingerprint density at radius 2 is 2.08 bits per heavy atom. The summed E-state index contributed by atoms with van der Waals surface area (Å²) < 4.78 is 6.25. The quantitative estimate of drug-likeness (QED) is 0.317. The van der Waals surface area contributed by atoms with Crippen molar-refractivity contribution < 1.29 is 24.9 Å². The van der Waals surface area contributed by atoms with Crippen LogP contribution in [0.4, 0.5) is 5.82 Å². The van der Waals surface area contributed by atoms with Gasteiger partial charge in [0.1, 0.15) is 30.5 Å². The zero-order chi connectivity index (χ0) is 18.6. The first kappa shape index (κ1) is 18.5. The normalized spacial score (nSPS) is 25.2. The fourth-order valence-electron chi connectivity index (χ4n) is 1.99. The number of nitrogens with two attached hydrogens (primary N) is 2. The minimum Gasteiger partial charge on any atom is -0.394 e. The molecule has 4 atom stereocenters. The van der Waals surface area contributed by atoms with E-state index < -0.39 is 42.7 Å². The summed E-state index contributed by atoms with van der Waals surface area (Å²) in [5.41, 5.74) is 9.72. The Labute approximate surface area is 139 Å². The van der Waals surface area contributed by atoms with Crippen LogP contribution in [-0.2, 0) is 4.74 Å². The number of carbonyl (C=O) groups excluding carboxylic acids is 1. The predicted molar refractivity (Wildman–Crippen MR) is 80.8 cm³/mol. The molecule has 3 rings (SSSR count). The number of rotatable bonds is 3. The highest BCUT2D eigenvalue weighted by Crippen LogP contribution is 2.28. The highest BCUT2D eigenvalue weighted by molar-refractivity contribution is 5.88. The lowest BCUT2D eigenvalue weighted by atomic mass is 10.1. The molecule has 0 saturated carbocycles. The first-order valence-corrected chi connectivity index (χ1v) is 6.97. The number of aliphatic hydroxyl groups excluding tert-OH is 3. The van der Waals surface area contributed by atoms with Gasteiger partial charge in [-0.2, -0.15) is 0 Å². The number of primary amides is 1. The largest absolute Gasteiger partial charge is 0.394 e. The summed E-state index contributed by atoms with van der Waals surface area (Å²) in [5.74, 6) is -0.691. The number of aromatic amines is 1. The van der Waals surface area contributed by atoms with Crippen molar-refractivity contribution >= 4 is 11.7 Å². The smallest absolute Gasteiger partial charge is 0.346 e. The molecular formula is C12H17N7O6. The molecule has 1 fully saturated rings. The van der Waals surface area contributed by atoms with Crippen molar-refractivity contribution in [3.05, 3.63) is 34.9 Å². The second-order valence-electron chi connectivity index (χ2n) is 4.97. The van der Waals surface area contributed by atoms with E-state index in [2.05, 4.69) is 20.1 Å². The van der Waals surface area contributed by atoms with Gasteiger partial charge < -0.3 is 31.5 Å². The van der Waals surface area contributed by atoms with Crippen LogP contribution >= 0.6 is 0 Å². The van der Waals surface area contributed by atoms with E-state index in [-0.39, 0.29) is 5.82 Å². The molecule has 1 aliphatic rings. The molecule has 3 heterocycles. The van der Waals surface area contributed by atoms with Gasteiger partial charge in [-0.1, -0.05) is 0 Å². The van der Waals surface area contributed by atoms with E-state index in [1.165, 1.54) is 12.3 Å². The van der Waals surface area contributed by atoms with Crippen LogP contribution in [0.2, 0.25) is 0 Å². The summed E-state index contributed by atoms with van der Waals surface area (Å²) in [4.78, 5) is 30.3. The van der Waals surface area contributed by atoms with Gasteiger partial charge in [0.2, 0.25) is 5.82 Å². The fourth-order valence-corrected chi connectivity index (χ4v) is 1.99. The molecule has 136 valence electrons. The van der Waals surface area contributed by atoms with Crippen molar-refractivity contribution in [2.45, 2.75) is 24.5 Å². The summed E-state index contributed by atoms with van der Waals surface area (Å²) in [6.07, 6.45) is -1.91. The number of amides is 1. The first-order chi connectivity index (χ1) is 11.8. The number of hydrogen-bond donors (Lipinski definition) is 6. The minimum absolute atomic E-state index is 0.220. The van der Waals surface area contributed by atoms with Gasteiger partial charge >= 0.3 is 5.69 Å². The van der Waals surface area contributed by atoms with Gasteiger partial charge in [-0.25, -0.2) is 19.4 Å². The van der Waals surface area contributed by atoms with Crippen LogP contribution in [0.25, 0.3) is 0 Å². The Hall–Kier alpha value is -2.87. The van der Waals surface area contributed by atoms with E-state index in [0.29, 0.717) is 5.82 Å². The van der Waals surface area contributed by atoms with Crippen molar-refractivity contribution in [2.24, 2.45) is 5.73 Å². The number of H-pyrrole nitrogens is 1. The van der Waals surface area contributed by atoms with Gasteiger partial charge in [-0.3, -0.25) is 9.78 Å². The maximum atomic E-state index is 10.8. The van der Waals surface area contributed by atoms with Crippen LogP contribution in [-0.4, -0.2) is 70.9 Å². The Morgan fingerprint density at radius 3 is 2.52 bits per heavy atom. The molecule has 13 heteroatoms. The summed E-state index contributed by atoms with van der Waals surface area (Å²) in [6, 6.07) is 1.52. The second-order valence-corrected chi connectivity index (χ2v) is 4.97. The molecule has 0 bridgehead atoms. The molecule has 0 aliphatic carbocycles. The number of carbonyl (C=O) groups is 1. The summed E-state index contributed by atoms with van der Waals surface area (Å²) in [6.45, 7) is -0.438. The molecule has 25 heavy (non-hydrogen) atoms. The first-order valence-electron chi connectivity index (χ1n) is 6.97. The minimum atomic E-state index is -1.27. The van der Waals surface area contributed by atoms with Crippen LogP contribution in [0.1, 0.15) is 16.8 Å². The summed E-state index contributed by atoms with van der Waals surface area (Å²) >= 11 is 0. The third kappa shape index (κ3) is 4.36. The van der Waals surface area contributed by atoms with Crippen LogP contribution in [0.3, 0.4) is 0 Å². The molecule has 2 aromatic rings. The van der Waals surface area contributed by atoms with E-state index in [4.69, 9.17) is 21.3 Å². The van der Waals surface area contributed by atoms with Crippen molar-refractivity contribution in [1.82, 2.24) is 24.7 Å². The van der Waals surface area contributed by atoms with Gasteiger partial charge in [-0.15, -0.1) is 5.10 Å². The maximum absolute atomic E-state index is 10.8. The number of ether oxygens (including phenoxy) is 1. The number of nitrogen functional groups attached to an aromatic ring is 1. The number of aliphatic hydroxyl groups is 3. The van der Waals surface area contributed by atoms with E-state index in [1.807, 2.05) is 0 Å². The van der Waals surface area contributed by atoms with E-state index in [1.54, 1.807) is 0 Å². The maximum Gasteiger partial charge on any atom is 0.346 e. The third-order valence-electron chi connectivity index (χ3n) is 3.20. The van der Waals surface area contributed by atoms with Crippen molar-refractivity contribution in [3.63, 3.8) is 0 Å². The molecule has 0 aromatic carbocycles. The van der Waals surface area contributed by atoms with Crippen LogP contribution in [0.15, 0.2) is 23.4 Å². The zero-order valence-electron chi connectivity index (χ0n) is 12.8. The number of hydrogen-bond acceptors (Lipinski definition) is 10. The highest BCUT2D eigenvalue weighted by atomic mass is 16.6. The Balaban J connectivity index is 0.000000236. The van der Waals surface area contributed by atoms with Crippen molar-refractivity contribution in [2.75, 3.05) is 12.3 Å². The van der Waals surface area contributed by atoms with Crippen molar-refractivity contribution in [1.29, 1.82) is 0 Å². The highest BCUT2D eigenvalue weighted by Gasteiger charge is 2.43. The lowest BCUT2D eigenvalue weighted by molar-refractivity contribution is -0.0588. The molecule has 0 unspecified atom stereocenters. The predicted octanol–water partition coefficient (Wildman–Crippen LogP) is -3.66. The Kier molecular flexibility index (Phi) is 5.76. The zero-order valence-corrected chi connectivity index (χ0v) is 12.8. The number of nitrogens with one attached hydrogen (secondary N) is 1. The second kappa shape index (κ2) is 7.80. The SMILES string of the molecule is NC(=O)c1ncn([C@@H]2O[C@H](CO)[C@@H](O)[C@H]2O)n1.Nc1ccnc(=O)[nH]1.